The number of nitro benzene ring substituents is 1. The average Bonchev–Trinajstić information content (AvgIpc) is 2.37. The molecule has 1 aromatic carbocycles. The SMILES string of the molecule is CCCN(CCO)C(=O)c1c(C)cc(C)c([N+](=O)[O-])c1C. The van der Waals surface area contributed by atoms with Gasteiger partial charge in [0.15, 0.2) is 0 Å². The van der Waals surface area contributed by atoms with Crippen LogP contribution in [0.3, 0.4) is 0 Å². The van der Waals surface area contributed by atoms with Crippen LogP contribution >= 0.6 is 0 Å². The molecule has 1 amide bonds. The molecule has 1 rings (SSSR count). The molecule has 21 heavy (non-hydrogen) atoms. The quantitative estimate of drug-likeness (QED) is 0.645. The number of hydrogen-bond donors (Lipinski definition) is 1. The van der Waals surface area contributed by atoms with Crippen LogP contribution in [-0.2, 0) is 0 Å². The predicted octanol–water partition coefficient (Wildman–Crippen LogP) is 2.36. The van der Waals surface area contributed by atoms with Crippen LogP contribution in [0.2, 0.25) is 0 Å². The first-order valence-electron chi connectivity index (χ1n) is 7.00. The summed E-state index contributed by atoms with van der Waals surface area (Å²) in [5.41, 5.74) is 2.02. The number of carbonyl (C=O) groups is 1. The maximum Gasteiger partial charge on any atom is 0.275 e. The zero-order valence-corrected chi connectivity index (χ0v) is 13.0. The van der Waals surface area contributed by atoms with Crippen molar-refractivity contribution >= 4 is 11.6 Å². The molecule has 6 nitrogen and oxygen atoms in total. The fourth-order valence-electron chi connectivity index (χ4n) is 2.65. The van der Waals surface area contributed by atoms with Crippen LogP contribution in [0, 0.1) is 30.9 Å². The lowest BCUT2D eigenvalue weighted by Crippen LogP contribution is -2.35. The van der Waals surface area contributed by atoms with E-state index in [-0.39, 0.29) is 24.7 Å². The molecule has 0 aromatic heterocycles. The van der Waals surface area contributed by atoms with Gasteiger partial charge in [0.05, 0.1) is 17.1 Å². The summed E-state index contributed by atoms with van der Waals surface area (Å²) in [7, 11) is 0. The Bertz CT molecular complexity index is 549. The van der Waals surface area contributed by atoms with Crippen LogP contribution in [0.5, 0.6) is 0 Å². The number of amides is 1. The molecular formula is C15H22N2O4. The summed E-state index contributed by atoms with van der Waals surface area (Å²) in [5, 5.41) is 20.3. The molecule has 0 aliphatic rings. The molecule has 0 spiro atoms. The number of nitro groups is 1. The third-order valence-electron chi connectivity index (χ3n) is 3.48. The molecule has 0 saturated carbocycles. The smallest absolute Gasteiger partial charge is 0.275 e. The standard InChI is InChI=1S/C15H22N2O4/c1-5-6-16(7-8-18)15(19)13-10(2)9-11(3)14(12(13)4)17(20)21/h9,18H,5-8H2,1-4H3. The summed E-state index contributed by atoms with van der Waals surface area (Å²) in [6.07, 6.45) is 0.762. The Morgan fingerprint density at radius 3 is 2.38 bits per heavy atom. The Morgan fingerprint density at radius 2 is 1.90 bits per heavy atom. The second-order valence-electron chi connectivity index (χ2n) is 5.13. The highest BCUT2D eigenvalue weighted by Crippen LogP contribution is 2.29. The number of aryl methyl sites for hydroxylation is 2. The fraction of sp³-hybridized carbons (Fsp3) is 0.533. The minimum atomic E-state index is -0.447. The van der Waals surface area contributed by atoms with Gasteiger partial charge in [-0.15, -0.1) is 0 Å². The summed E-state index contributed by atoms with van der Waals surface area (Å²) < 4.78 is 0. The monoisotopic (exact) mass is 294 g/mol. The van der Waals surface area contributed by atoms with Crippen molar-refractivity contribution in [1.29, 1.82) is 0 Å². The lowest BCUT2D eigenvalue weighted by molar-refractivity contribution is -0.386. The molecular weight excluding hydrogens is 272 g/mol. The van der Waals surface area contributed by atoms with Gasteiger partial charge in [-0.25, -0.2) is 0 Å². The number of aliphatic hydroxyl groups excluding tert-OH is 1. The highest BCUT2D eigenvalue weighted by molar-refractivity contribution is 5.98. The summed E-state index contributed by atoms with van der Waals surface area (Å²) in [6.45, 7) is 7.61. The van der Waals surface area contributed by atoms with E-state index in [1.165, 1.54) is 4.90 Å². The molecule has 0 bridgehead atoms. The van der Waals surface area contributed by atoms with Gasteiger partial charge in [0.25, 0.3) is 11.6 Å². The van der Waals surface area contributed by atoms with E-state index in [1.54, 1.807) is 26.8 Å². The minimum Gasteiger partial charge on any atom is -0.395 e. The van der Waals surface area contributed by atoms with Crippen LogP contribution in [0.4, 0.5) is 5.69 Å². The molecule has 0 unspecified atom stereocenters. The molecule has 0 radical (unpaired) electrons. The van der Waals surface area contributed by atoms with Gasteiger partial charge < -0.3 is 10.0 Å². The van der Waals surface area contributed by atoms with Gasteiger partial charge in [0.2, 0.25) is 0 Å². The Labute approximate surface area is 124 Å². The molecule has 0 fully saturated rings. The maximum absolute atomic E-state index is 12.6. The molecule has 0 aliphatic heterocycles. The second kappa shape index (κ2) is 7.17. The van der Waals surface area contributed by atoms with Crippen LogP contribution in [0.15, 0.2) is 6.07 Å². The molecule has 6 heteroatoms. The van der Waals surface area contributed by atoms with E-state index in [9.17, 15) is 14.9 Å². The van der Waals surface area contributed by atoms with Gasteiger partial charge in [-0.1, -0.05) is 6.92 Å². The highest BCUT2D eigenvalue weighted by atomic mass is 16.6. The summed E-state index contributed by atoms with van der Waals surface area (Å²) in [4.78, 5) is 24.9. The van der Waals surface area contributed by atoms with Crippen molar-refractivity contribution in [2.45, 2.75) is 34.1 Å². The minimum absolute atomic E-state index is 0.00982. The van der Waals surface area contributed by atoms with E-state index in [2.05, 4.69) is 0 Å². The molecule has 1 aromatic rings. The summed E-state index contributed by atoms with van der Waals surface area (Å²) >= 11 is 0. The van der Waals surface area contributed by atoms with Gasteiger partial charge in [-0.05, 0) is 38.8 Å². The van der Waals surface area contributed by atoms with Crippen molar-refractivity contribution in [2.75, 3.05) is 19.7 Å². The van der Waals surface area contributed by atoms with Gasteiger partial charge in [-0.2, -0.15) is 0 Å². The normalized spacial score (nSPS) is 10.5. The van der Waals surface area contributed by atoms with E-state index in [0.29, 0.717) is 23.2 Å². The van der Waals surface area contributed by atoms with Crippen molar-refractivity contribution in [3.63, 3.8) is 0 Å². The number of nitrogens with zero attached hydrogens (tertiary/aromatic N) is 2. The highest BCUT2D eigenvalue weighted by Gasteiger charge is 2.26. The number of benzene rings is 1. The molecule has 0 aliphatic carbocycles. The average molecular weight is 294 g/mol. The number of aliphatic hydroxyl groups is 1. The van der Waals surface area contributed by atoms with Gasteiger partial charge in [0, 0.05) is 24.2 Å². The van der Waals surface area contributed by atoms with Crippen LogP contribution in [-0.4, -0.2) is 40.5 Å². The van der Waals surface area contributed by atoms with Crippen molar-refractivity contribution in [3.8, 4) is 0 Å². The van der Waals surface area contributed by atoms with E-state index >= 15 is 0 Å². The van der Waals surface area contributed by atoms with Gasteiger partial charge >= 0.3 is 0 Å². The van der Waals surface area contributed by atoms with Crippen molar-refractivity contribution in [2.24, 2.45) is 0 Å². The van der Waals surface area contributed by atoms with E-state index in [0.717, 1.165) is 12.0 Å². The Hall–Kier alpha value is -1.95. The van der Waals surface area contributed by atoms with Crippen LogP contribution in [0.25, 0.3) is 0 Å². The van der Waals surface area contributed by atoms with Crippen molar-refractivity contribution in [3.05, 3.63) is 38.4 Å². The lowest BCUT2D eigenvalue weighted by Gasteiger charge is -2.23. The first-order chi connectivity index (χ1) is 9.84. The molecule has 1 N–H and O–H groups in total. The van der Waals surface area contributed by atoms with Crippen molar-refractivity contribution < 1.29 is 14.8 Å². The summed E-state index contributed by atoms with van der Waals surface area (Å²) in [5.74, 6) is -0.260. The first kappa shape index (κ1) is 17.1. The Balaban J connectivity index is 3.38. The van der Waals surface area contributed by atoms with Crippen LogP contribution < -0.4 is 0 Å². The summed E-state index contributed by atoms with van der Waals surface area (Å²) in [6, 6.07) is 1.67. The fourth-order valence-corrected chi connectivity index (χ4v) is 2.65. The Kier molecular flexibility index (Phi) is 5.84. The first-order valence-corrected chi connectivity index (χ1v) is 7.00. The molecule has 0 atom stereocenters. The maximum atomic E-state index is 12.6. The number of rotatable bonds is 6. The van der Waals surface area contributed by atoms with E-state index < -0.39 is 4.92 Å². The zero-order chi connectivity index (χ0) is 16.2. The van der Waals surface area contributed by atoms with E-state index in [1.807, 2.05) is 6.92 Å². The van der Waals surface area contributed by atoms with Crippen molar-refractivity contribution in [1.82, 2.24) is 4.90 Å². The largest absolute Gasteiger partial charge is 0.395 e. The zero-order valence-electron chi connectivity index (χ0n) is 13.0. The van der Waals surface area contributed by atoms with Gasteiger partial charge in [-0.3, -0.25) is 14.9 Å². The van der Waals surface area contributed by atoms with E-state index in [4.69, 9.17) is 5.11 Å². The van der Waals surface area contributed by atoms with Gasteiger partial charge in [0.1, 0.15) is 0 Å². The lowest BCUT2D eigenvalue weighted by atomic mass is 9.96. The Morgan fingerprint density at radius 1 is 1.29 bits per heavy atom. The second-order valence-corrected chi connectivity index (χ2v) is 5.13. The molecule has 0 saturated heterocycles. The number of hydrogen-bond acceptors (Lipinski definition) is 4. The topological polar surface area (TPSA) is 83.7 Å². The third kappa shape index (κ3) is 3.58. The van der Waals surface area contributed by atoms with Crippen LogP contribution in [0.1, 0.15) is 40.4 Å². The number of carbonyl (C=O) groups excluding carboxylic acids is 1. The molecule has 0 heterocycles. The predicted molar refractivity (Wildman–Crippen MR) is 80.6 cm³/mol. The third-order valence-corrected chi connectivity index (χ3v) is 3.48. The molecule has 116 valence electrons.